The molecule has 1 atom stereocenters. The minimum Gasteiger partial charge on any atom is -0.480 e. The number of carboxylic acids is 1. The summed E-state index contributed by atoms with van der Waals surface area (Å²) in [4.78, 5) is 25.4. The predicted octanol–water partition coefficient (Wildman–Crippen LogP) is 2.86. The van der Waals surface area contributed by atoms with Crippen molar-refractivity contribution in [3.63, 3.8) is 0 Å². The first-order valence-electron chi connectivity index (χ1n) is 7.81. The molecule has 0 unspecified atom stereocenters. The number of nitrogens with zero attached hydrogens (tertiary/aromatic N) is 3. The highest BCUT2D eigenvalue weighted by atomic mass is 32.1. The number of carbonyl (C=O) groups is 1. The molecule has 2 aromatic heterocycles. The zero-order chi connectivity index (χ0) is 17.4. The van der Waals surface area contributed by atoms with E-state index in [4.69, 9.17) is 0 Å². The van der Waals surface area contributed by atoms with Crippen molar-refractivity contribution in [3.05, 3.63) is 58.2 Å². The minimum absolute atomic E-state index is 0.286. The van der Waals surface area contributed by atoms with Crippen LogP contribution in [0.25, 0.3) is 11.3 Å². The number of aliphatic carboxylic acids is 1. The van der Waals surface area contributed by atoms with E-state index in [0.717, 1.165) is 28.4 Å². The lowest BCUT2D eigenvalue weighted by Crippen LogP contribution is -2.39. The van der Waals surface area contributed by atoms with Gasteiger partial charge in [-0.15, -0.1) is 11.3 Å². The number of benzene rings is 1. The zero-order valence-corrected chi connectivity index (χ0v) is 14.0. The van der Waals surface area contributed by atoms with E-state index >= 15 is 0 Å². The first-order chi connectivity index (χ1) is 12.1. The molecule has 1 aromatic carbocycles. The molecular formula is C17H15FN4O2S. The van der Waals surface area contributed by atoms with E-state index in [2.05, 4.69) is 15.0 Å². The van der Waals surface area contributed by atoms with Gasteiger partial charge in [0.25, 0.3) is 0 Å². The highest BCUT2D eigenvalue weighted by molar-refractivity contribution is 7.09. The second-order valence-electron chi connectivity index (χ2n) is 5.86. The Kier molecular flexibility index (Phi) is 4.06. The van der Waals surface area contributed by atoms with Gasteiger partial charge in [0.2, 0.25) is 0 Å². The van der Waals surface area contributed by atoms with Crippen LogP contribution in [-0.2, 0) is 17.8 Å². The highest BCUT2D eigenvalue weighted by Crippen LogP contribution is 2.30. The highest BCUT2D eigenvalue weighted by Gasteiger charge is 2.35. The Morgan fingerprint density at radius 3 is 2.96 bits per heavy atom. The summed E-state index contributed by atoms with van der Waals surface area (Å²) in [5, 5.41) is 12.3. The van der Waals surface area contributed by atoms with E-state index in [0.29, 0.717) is 18.8 Å². The molecule has 3 aromatic rings. The molecule has 4 rings (SSSR count). The lowest BCUT2D eigenvalue weighted by atomic mass is 10.0. The Bertz CT molecular complexity index is 906. The standard InChI is InChI=1S/C17H15FN4O2S/c18-11-3-1-10(2-4-11)13-8-25-14(21-13)7-22-6-5-12-15(20-9-19-12)16(22)17(23)24/h1-4,8-9,16H,5-7H2,(H,19,20)(H,23,24)/t16-/m0/s1. The van der Waals surface area contributed by atoms with E-state index in [-0.39, 0.29) is 5.82 Å². The first kappa shape index (κ1) is 15.9. The summed E-state index contributed by atoms with van der Waals surface area (Å²) in [5.41, 5.74) is 3.07. The zero-order valence-electron chi connectivity index (χ0n) is 13.1. The Hall–Kier alpha value is -2.58. The van der Waals surface area contributed by atoms with Crippen LogP contribution in [0, 0.1) is 5.82 Å². The molecule has 3 heterocycles. The van der Waals surface area contributed by atoms with Gasteiger partial charge in [-0.2, -0.15) is 0 Å². The summed E-state index contributed by atoms with van der Waals surface area (Å²) in [5.74, 6) is -1.20. The fourth-order valence-electron chi connectivity index (χ4n) is 3.08. The van der Waals surface area contributed by atoms with Gasteiger partial charge in [0.1, 0.15) is 10.8 Å². The van der Waals surface area contributed by atoms with Gasteiger partial charge in [0, 0.05) is 29.6 Å². The number of H-pyrrole nitrogens is 1. The number of aromatic nitrogens is 3. The number of imidazole rings is 1. The average molecular weight is 358 g/mol. The fraction of sp³-hybridized carbons (Fsp3) is 0.235. The Balaban J connectivity index is 1.56. The molecule has 0 radical (unpaired) electrons. The number of thiazole rings is 1. The van der Waals surface area contributed by atoms with Crippen LogP contribution < -0.4 is 0 Å². The Morgan fingerprint density at radius 2 is 2.20 bits per heavy atom. The molecule has 0 aliphatic carbocycles. The lowest BCUT2D eigenvalue weighted by Gasteiger charge is -2.31. The summed E-state index contributed by atoms with van der Waals surface area (Å²) in [7, 11) is 0. The SMILES string of the molecule is O=C(O)[C@@H]1c2nc[nH]c2CCN1Cc1nc(-c2ccc(F)cc2)cs1. The van der Waals surface area contributed by atoms with Gasteiger partial charge in [-0.05, 0) is 24.3 Å². The van der Waals surface area contributed by atoms with Crippen molar-refractivity contribution < 1.29 is 14.3 Å². The first-order valence-corrected chi connectivity index (χ1v) is 8.69. The van der Waals surface area contributed by atoms with Crippen LogP contribution in [0.1, 0.15) is 22.4 Å². The van der Waals surface area contributed by atoms with Gasteiger partial charge >= 0.3 is 5.97 Å². The molecule has 0 fully saturated rings. The summed E-state index contributed by atoms with van der Waals surface area (Å²) >= 11 is 1.47. The quantitative estimate of drug-likeness (QED) is 0.749. The van der Waals surface area contributed by atoms with Crippen molar-refractivity contribution in [2.24, 2.45) is 0 Å². The van der Waals surface area contributed by atoms with Crippen molar-refractivity contribution in [1.82, 2.24) is 19.9 Å². The van der Waals surface area contributed by atoms with Gasteiger partial charge in [-0.1, -0.05) is 0 Å². The van der Waals surface area contributed by atoms with Gasteiger partial charge in [0.05, 0.1) is 24.3 Å². The van der Waals surface area contributed by atoms with Crippen LogP contribution in [0.5, 0.6) is 0 Å². The monoisotopic (exact) mass is 358 g/mol. The van der Waals surface area contributed by atoms with Crippen LogP contribution in [-0.4, -0.2) is 37.5 Å². The minimum atomic E-state index is -0.914. The molecule has 0 amide bonds. The number of hydrogen-bond donors (Lipinski definition) is 2. The third-order valence-corrected chi connectivity index (χ3v) is 5.12. The van der Waals surface area contributed by atoms with Crippen molar-refractivity contribution >= 4 is 17.3 Å². The summed E-state index contributed by atoms with van der Waals surface area (Å²) in [6.07, 6.45) is 2.27. The lowest BCUT2D eigenvalue weighted by molar-refractivity contribution is -0.144. The summed E-state index contributed by atoms with van der Waals surface area (Å²) in [6, 6.07) is 5.40. The van der Waals surface area contributed by atoms with Gasteiger partial charge in [0.15, 0.2) is 6.04 Å². The summed E-state index contributed by atoms with van der Waals surface area (Å²) in [6.45, 7) is 1.06. The Morgan fingerprint density at radius 1 is 1.40 bits per heavy atom. The van der Waals surface area contributed by atoms with E-state index in [9.17, 15) is 14.3 Å². The molecule has 2 N–H and O–H groups in total. The van der Waals surface area contributed by atoms with E-state index in [1.165, 1.54) is 23.5 Å². The molecule has 128 valence electrons. The van der Waals surface area contributed by atoms with E-state index < -0.39 is 12.0 Å². The van der Waals surface area contributed by atoms with Crippen LogP contribution in [0.3, 0.4) is 0 Å². The molecule has 0 spiro atoms. The van der Waals surface area contributed by atoms with Gasteiger partial charge in [-0.25, -0.2) is 14.4 Å². The number of aromatic amines is 1. The summed E-state index contributed by atoms with van der Waals surface area (Å²) < 4.78 is 13.0. The number of halogens is 1. The smallest absolute Gasteiger partial charge is 0.327 e. The van der Waals surface area contributed by atoms with E-state index in [1.807, 2.05) is 10.3 Å². The predicted molar refractivity (Wildman–Crippen MR) is 90.6 cm³/mol. The third kappa shape index (κ3) is 3.06. The maximum Gasteiger partial charge on any atom is 0.327 e. The van der Waals surface area contributed by atoms with Crippen LogP contribution in [0.15, 0.2) is 36.0 Å². The second-order valence-corrected chi connectivity index (χ2v) is 6.80. The number of nitrogens with one attached hydrogen (secondary N) is 1. The molecule has 1 aliphatic rings. The maximum atomic E-state index is 13.0. The average Bonchev–Trinajstić information content (AvgIpc) is 3.24. The molecule has 0 bridgehead atoms. The normalized spacial score (nSPS) is 17.4. The van der Waals surface area contributed by atoms with Crippen LogP contribution in [0.2, 0.25) is 0 Å². The second kappa shape index (κ2) is 6.38. The number of hydrogen-bond acceptors (Lipinski definition) is 5. The molecule has 1 aliphatic heterocycles. The van der Waals surface area contributed by atoms with Crippen molar-refractivity contribution in [3.8, 4) is 11.3 Å². The topological polar surface area (TPSA) is 82.1 Å². The Labute approximate surface area is 147 Å². The molecule has 0 saturated carbocycles. The van der Waals surface area contributed by atoms with Crippen molar-refractivity contribution in [2.45, 2.75) is 19.0 Å². The van der Waals surface area contributed by atoms with Crippen LogP contribution in [0.4, 0.5) is 4.39 Å². The third-order valence-electron chi connectivity index (χ3n) is 4.29. The van der Waals surface area contributed by atoms with Gasteiger partial charge < -0.3 is 10.1 Å². The molecular weight excluding hydrogens is 343 g/mol. The number of rotatable bonds is 4. The van der Waals surface area contributed by atoms with Crippen molar-refractivity contribution in [1.29, 1.82) is 0 Å². The maximum absolute atomic E-state index is 13.0. The molecule has 8 heteroatoms. The fourth-order valence-corrected chi connectivity index (χ4v) is 3.91. The molecule has 0 saturated heterocycles. The van der Waals surface area contributed by atoms with Crippen LogP contribution >= 0.6 is 11.3 Å². The molecule has 6 nitrogen and oxygen atoms in total. The number of carboxylic acid groups (broad SMARTS) is 1. The van der Waals surface area contributed by atoms with Gasteiger partial charge in [-0.3, -0.25) is 9.69 Å². The molecule has 25 heavy (non-hydrogen) atoms. The largest absolute Gasteiger partial charge is 0.480 e. The number of fused-ring (bicyclic) bond motifs is 1. The van der Waals surface area contributed by atoms with E-state index in [1.54, 1.807) is 18.5 Å². The van der Waals surface area contributed by atoms with Crippen molar-refractivity contribution in [2.75, 3.05) is 6.54 Å².